The molecule has 0 amide bonds. The molecule has 1 aromatic carbocycles. The predicted molar refractivity (Wildman–Crippen MR) is 64.4 cm³/mol. The van der Waals surface area contributed by atoms with Gasteiger partial charge >= 0.3 is 0 Å². The van der Waals surface area contributed by atoms with Gasteiger partial charge in [-0.2, -0.15) is 0 Å². The molecule has 0 unspecified atom stereocenters. The summed E-state index contributed by atoms with van der Waals surface area (Å²) in [7, 11) is 0. The maximum Gasteiger partial charge on any atom is 0.0721 e. The third-order valence-corrected chi connectivity index (χ3v) is 3.07. The van der Waals surface area contributed by atoms with E-state index in [4.69, 9.17) is 28.9 Å². The Balaban J connectivity index is 2.76. The summed E-state index contributed by atoms with van der Waals surface area (Å²) in [6, 6.07) is 5.60. The lowest BCUT2D eigenvalue weighted by atomic mass is 10.1. The molecule has 1 heterocycles. The van der Waals surface area contributed by atoms with Gasteiger partial charge in [0.05, 0.1) is 21.3 Å². The molecule has 78 valence electrons. The number of hydrogen-bond donors (Lipinski definition) is 1. The average molecular weight is 241 g/mol. The van der Waals surface area contributed by atoms with Gasteiger partial charge in [-0.25, -0.2) is 0 Å². The molecule has 2 N–H and O–H groups in total. The third-order valence-electron chi connectivity index (χ3n) is 2.35. The first kappa shape index (κ1) is 10.7. The Kier molecular flexibility index (Phi) is 2.83. The van der Waals surface area contributed by atoms with E-state index in [0.29, 0.717) is 16.6 Å². The van der Waals surface area contributed by atoms with Crippen molar-refractivity contribution in [2.24, 2.45) is 5.73 Å². The Hall–Kier alpha value is -0.830. The second-order valence-electron chi connectivity index (χ2n) is 3.42. The van der Waals surface area contributed by atoms with Gasteiger partial charge in [-0.15, -0.1) is 0 Å². The fourth-order valence-electron chi connectivity index (χ4n) is 1.52. The van der Waals surface area contributed by atoms with Crippen LogP contribution in [0.25, 0.3) is 10.9 Å². The molecule has 0 atom stereocenters. The van der Waals surface area contributed by atoms with Crippen molar-refractivity contribution in [3.05, 3.63) is 39.5 Å². The second-order valence-corrected chi connectivity index (χ2v) is 4.23. The number of pyridine rings is 1. The van der Waals surface area contributed by atoms with E-state index in [1.165, 1.54) is 0 Å². The van der Waals surface area contributed by atoms with Crippen LogP contribution < -0.4 is 5.73 Å². The van der Waals surface area contributed by atoms with Gasteiger partial charge in [0.25, 0.3) is 0 Å². The number of benzene rings is 1. The fourth-order valence-corrected chi connectivity index (χ4v) is 1.85. The summed E-state index contributed by atoms with van der Waals surface area (Å²) in [5.74, 6) is 0. The molecular weight excluding hydrogens is 231 g/mol. The number of nitrogens with two attached hydrogens (primary N) is 1. The van der Waals surface area contributed by atoms with Gasteiger partial charge in [-0.05, 0) is 30.7 Å². The van der Waals surface area contributed by atoms with E-state index in [-0.39, 0.29) is 0 Å². The van der Waals surface area contributed by atoms with Crippen LogP contribution in [0.2, 0.25) is 10.0 Å². The lowest BCUT2D eigenvalue weighted by Gasteiger charge is -2.06. The smallest absolute Gasteiger partial charge is 0.0721 e. The lowest BCUT2D eigenvalue weighted by molar-refractivity contribution is 0.985. The molecule has 0 aliphatic heterocycles. The number of nitrogens with zero attached hydrogens (tertiary/aromatic N) is 1. The first-order valence-corrected chi connectivity index (χ1v) is 5.32. The fraction of sp³-hybridized carbons (Fsp3) is 0.182. The monoisotopic (exact) mass is 240 g/mol. The third kappa shape index (κ3) is 1.93. The molecule has 0 aliphatic rings. The topological polar surface area (TPSA) is 38.9 Å². The molecule has 0 spiro atoms. The van der Waals surface area contributed by atoms with Gasteiger partial charge in [0, 0.05) is 11.9 Å². The highest BCUT2D eigenvalue weighted by Crippen LogP contribution is 2.27. The van der Waals surface area contributed by atoms with E-state index in [1.807, 2.05) is 19.1 Å². The van der Waals surface area contributed by atoms with E-state index in [0.717, 1.165) is 22.2 Å². The number of hydrogen-bond acceptors (Lipinski definition) is 2. The summed E-state index contributed by atoms with van der Waals surface area (Å²) in [6.07, 6.45) is 0. The minimum Gasteiger partial charge on any atom is -0.325 e. The van der Waals surface area contributed by atoms with E-state index in [2.05, 4.69) is 4.98 Å². The van der Waals surface area contributed by atoms with Crippen LogP contribution in [0.5, 0.6) is 0 Å². The summed E-state index contributed by atoms with van der Waals surface area (Å²) < 4.78 is 0. The van der Waals surface area contributed by atoms with Crippen molar-refractivity contribution in [1.29, 1.82) is 0 Å². The first-order chi connectivity index (χ1) is 7.11. The standard InChI is InChI=1S/C11H10Cl2N2/c1-6-2-7-3-8(12)9(13)4-10(7)15-11(6)5-14/h2-4H,5,14H2,1H3. The summed E-state index contributed by atoms with van der Waals surface area (Å²) in [6.45, 7) is 2.42. The summed E-state index contributed by atoms with van der Waals surface area (Å²) in [4.78, 5) is 4.43. The van der Waals surface area contributed by atoms with E-state index in [9.17, 15) is 0 Å². The molecule has 0 radical (unpaired) electrons. The van der Waals surface area contributed by atoms with Gasteiger partial charge in [-0.1, -0.05) is 23.2 Å². The van der Waals surface area contributed by atoms with Crippen LogP contribution in [0.3, 0.4) is 0 Å². The molecule has 1 aromatic heterocycles. The van der Waals surface area contributed by atoms with Gasteiger partial charge < -0.3 is 5.73 Å². The highest BCUT2D eigenvalue weighted by molar-refractivity contribution is 6.42. The molecule has 0 aliphatic carbocycles. The van der Waals surface area contributed by atoms with Crippen molar-refractivity contribution in [2.75, 3.05) is 0 Å². The molecule has 2 aromatic rings. The van der Waals surface area contributed by atoms with Crippen molar-refractivity contribution in [3.8, 4) is 0 Å². The first-order valence-electron chi connectivity index (χ1n) is 4.57. The number of aryl methyl sites for hydroxylation is 1. The highest BCUT2D eigenvalue weighted by atomic mass is 35.5. The highest BCUT2D eigenvalue weighted by Gasteiger charge is 2.05. The molecule has 15 heavy (non-hydrogen) atoms. The number of rotatable bonds is 1. The lowest BCUT2D eigenvalue weighted by Crippen LogP contribution is -2.02. The maximum absolute atomic E-state index is 5.93. The Morgan fingerprint density at radius 3 is 2.53 bits per heavy atom. The molecule has 2 rings (SSSR count). The van der Waals surface area contributed by atoms with E-state index < -0.39 is 0 Å². The van der Waals surface area contributed by atoms with Crippen LogP contribution in [-0.4, -0.2) is 4.98 Å². The van der Waals surface area contributed by atoms with Gasteiger partial charge in [0.15, 0.2) is 0 Å². The Labute approximate surface area is 98.0 Å². The van der Waals surface area contributed by atoms with Crippen molar-refractivity contribution < 1.29 is 0 Å². The van der Waals surface area contributed by atoms with Crippen LogP contribution in [0.1, 0.15) is 11.3 Å². The second kappa shape index (κ2) is 3.97. The normalized spacial score (nSPS) is 10.9. The van der Waals surface area contributed by atoms with Gasteiger partial charge in [0.2, 0.25) is 0 Å². The molecule has 0 saturated heterocycles. The molecule has 0 saturated carbocycles. The Morgan fingerprint density at radius 1 is 1.20 bits per heavy atom. The molecule has 4 heteroatoms. The maximum atomic E-state index is 5.93. The zero-order valence-electron chi connectivity index (χ0n) is 8.22. The minimum absolute atomic E-state index is 0.433. The molecular formula is C11H10Cl2N2. The van der Waals surface area contributed by atoms with Crippen LogP contribution in [0.4, 0.5) is 0 Å². The largest absolute Gasteiger partial charge is 0.325 e. The predicted octanol–water partition coefficient (Wildman–Crippen LogP) is 3.31. The Morgan fingerprint density at radius 2 is 1.87 bits per heavy atom. The molecule has 0 bridgehead atoms. The summed E-state index contributed by atoms with van der Waals surface area (Å²) in [5.41, 5.74) is 8.38. The molecule has 2 nitrogen and oxygen atoms in total. The zero-order chi connectivity index (χ0) is 11.0. The quantitative estimate of drug-likeness (QED) is 0.831. The van der Waals surface area contributed by atoms with Crippen molar-refractivity contribution >= 4 is 34.1 Å². The number of halogens is 2. The van der Waals surface area contributed by atoms with Crippen LogP contribution in [-0.2, 0) is 6.54 Å². The average Bonchev–Trinajstić information content (AvgIpc) is 2.20. The zero-order valence-corrected chi connectivity index (χ0v) is 9.73. The van der Waals surface area contributed by atoms with Crippen LogP contribution in [0.15, 0.2) is 18.2 Å². The van der Waals surface area contributed by atoms with Crippen LogP contribution in [0, 0.1) is 6.92 Å². The van der Waals surface area contributed by atoms with Crippen LogP contribution >= 0.6 is 23.2 Å². The number of aromatic nitrogens is 1. The Bertz CT molecular complexity index is 523. The minimum atomic E-state index is 0.433. The van der Waals surface area contributed by atoms with Gasteiger partial charge in [0.1, 0.15) is 0 Å². The summed E-state index contributed by atoms with van der Waals surface area (Å²) >= 11 is 11.8. The molecule has 0 fully saturated rings. The number of fused-ring (bicyclic) bond motifs is 1. The van der Waals surface area contributed by atoms with Crippen molar-refractivity contribution in [1.82, 2.24) is 4.98 Å². The van der Waals surface area contributed by atoms with Crippen molar-refractivity contribution in [2.45, 2.75) is 13.5 Å². The van der Waals surface area contributed by atoms with Crippen molar-refractivity contribution in [3.63, 3.8) is 0 Å². The van der Waals surface area contributed by atoms with Gasteiger partial charge in [-0.3, -0.25) is 4.98 Å². The summed E-state index contributed by atoms with van der Waals surface area (Å²) in [5, 5.41) is 2.05. The van der Waals surface area contributed by atoms with E-state index in [1.54, 1.807) is 6.07 Å². The SMILES string of the molecule is Cc1cc2cc(Cl)c(Cl)cc2nc1CN. The van der Waals surface area contributed by atoms with E-state index >= 15 is 0 Å².